The Labute approximate surface area is 183 Å². The topological polar surface area (TPSA) is 71.1 Å². The second-order valence-corrected chi connectivity index (χ2v) is 6.44. The molecule has 2 aromatic rings. The highest BCUT2D eigenvalue weighted by Crippen LogP contribution is 2.29. The first-order valence-electron chi connectivity index (χ1n) is 9.15. The van der Waals surface area contributed by atoms with Crippen molar-refractivity contribution in [3.05, 3.63) is 97.4 Å². The van der Waals surface area contributed by atoms with Gasteiger partial charge in [0.25, 0.3) is 0 Å². The summed E-state index contributed by atoms with van der Waals surface area (Å²) in [7, 11) is 0. The van der Waals surface area contributed by atoms with Gasteiger partial charge in [0.05, 0.1) is 0 Å². The van der Waals surface area contributed by atoms with Crippen LogP contribution in [-0.2, 0) is 19.1 Å². The van der Waals surface area contributed by atoms with Gasteiger partial charge in [-0.25, -0.2) is 18.4 Å². The summed E-state index contributed by atoms with van der Waals surface area (Å²) in [5.41, 5.74) is 0.815. The van der Waals surface area contributed by atoms with Crippen molar-refractivity contribution in [3.63, 3.8) is 0 Å². The standard InChI is InChI=1S/C24H20F2O6/c1-15(2)23(27)31-11-9-29-18-6-7-19(20(25)14-18)17-5-8-22(21(26)13-17)30-10-12-32-24(28)16(3)4/h5-14H,1,3H2,2,4H3. The normalized spacial score (nSPS) is 10.8. The number of rotatable bonds is 9. The Hall–Kier alpha value is -4.20. The fourth-order valence-corrected chi connectivity index (χ4v) is 2.15. The summed E-state index contributed by atoms with van der Waals surface area (Å²) in [5.74, 6) is -2.68. The van der Waals surface area contributed by atoms with Gasteiger partial charge in [0.15, 0.2) is 11.6 Å². The fourth-order valence-electron chi connectivity index (χ4n) is 2.15. The summed E-state index contributed by atoms with van der Waals surface area (Å²) in [5, 5.41) is 0. The third-order valence-electron chi connectivity index (χ3n) is 3.74. The van der Waals surface area contributed by atoms with Crippen LogP contribution in [0.25, 0.3) is 11.1 Å². The van der Waals surface area contributed by atoms with E-state index < -0.39 is 23.6 Å². The van der Waals surface area contributed by atoms with E-state index in [4.69, 9.17) is 14.2 Å². The number of carbonyl (C=O) groups excluding carboxylic acids is 2. The molecule has 32 heavy (non-hydrogen) atoms. The van der Waals surface area contributed by atoms with E-state index in [1.807, 2.05) is 0 Å². The van der Waals surface area contributed by atoms with Crippen molar-refractivity contribution in [3.8, 4) is 22.6 Å². The van der Waals surface area contributed by atoms with Crippen LogP contribution >= 0.6 is 0 Å². The fraction of sp³-hybridized carbons (Fsp3) is 0.0833. The van der Waals surface area contributed by atoms with Crippen LogP contribution in [0, 0.1) is 11.6 Å². The molecule has 0 aliphatic rings. The van der Waals surface area contributed by atoms with E-state index in [-0.39, 0.29) is 33.8 Å². The Morgan fingerprint density at radius 1 is 0.781 bits per heavy atom. The maximum Gasteiger partial charge on any atom is 0.338 e. The lowest BCUT2D eigenvalue weighted by Crippen LogP contribution is -1.99. The molecule has 2 rings (SSSR count). The molecule has 0 fully saturated rings. The first-order valence-corrected chi connectivity index (χ1v) is 9.15. The monoisotopic (exact) mass is 442 g/mol. The van der Waals surface area contributed by atoms with Gasteiger partial charge in [-0.15, -0.1) is 0 Å². The number of hydrogen-bond donors (Lipinski definition) is 0. The van der Waals surface area contributed by atoms with Gasteiger partial charge < -0.3 is 18.9 Å². The molecule has 6 nitrogen and oxygen atoms in total. The van der Waals surface area contributed by atoms with Crippen LogP contribution in [0.3, 0.4) is 0 Å². The Balaban J connectivity index is 2.03. The van der Waals surface area contributed by atoms with E-state index in [1.54, 1.807) is 0 Å². The first kappa shape index (κ1) is 24.1. The highest BCUT2D eigenvalue weighted by atomic mass is 19.1. The van der Waals surface area contributed by atoms with E-state index in [0.29, 0.717) is 0 Å². The minimum atomic E-state index is -0.750. The molecule has 8 heteroatoms. The molecule has 0 heterocycles. The number of ether oxygens (including phenoxy) is 4. The summed E-state index contributed by atoms with van der Waals surface area (Å²) < 4.78 is 48.4. The third-order valence-corrected chi connectivity index (χ3v) is 3.74. The van der Waals surface area contributed by atoms with Crippen LogP contribution in [-0.4, -0.2) is 11.9 Å². The molecule has 0 N–H and O–H groups in total. The Kier molecular flexibility index (Phi) is 8.47. The number of benzene rings is 2. The lowest BCUT2D eigenvalue weighted by molar-refractivity contribution is -0.134. The lowest BCUT2D eigenvalue weighted by atomic mass is 10.0. The summed E-state index contributed by atoms with van der Waals surface area (Å²) >= 11 is 0. The molecule has 0 aliphatic heterocycles. The van der Waals surface area contributed by atoms with Crippen molar-refractivity contribution in [1.82, 2.24) is 0 Å². The molecule has 0 bridgehead atoms. The average molecular weight is 442 g/mol. The van der Waals surface area contributed by atoms with Gasteiger partial charge in [-0.05, 0) is 43.7 Å². The van der Waals surface area contributed by atoms with E-state index in [1.165, 1.54) is 38.1 Å². The third kappa shape index (κ3) is 6.94. The Morgan fingerprint density at radius 3 is 1.91 bits per heavy atom. The first-order chi connectivity index (χ1) is 15.2. The Bertz CT molecular complexity index is 1100. The van der Waals surface area contributed by atoms with Gasteiger partial charge in [-0.2, -0.15) is 0 Å². The van der Waals surface area contributed by atoms with Crippen molar-refractivity contribution < 1.29 is 37.3 Å². The minimum absolute atomic E-state index is 0.131. The number of carbonyl (C=O) groups is 2. The van der Waals surface area contributed by atoms with E-state index in [0.717, 1.165) is 37.2 Å². The van der Waals surface area contributed by atoms with Gasteiger partial charge in [-0.3, -0.25) is 0 Å². The molecule has 0 atom stereocenters. The summed E-state index contributed by atoms with van der Waals surface area (Å²) in [4.78, 5) is 22.5. The maximum atomic E-state index is 14.5. The highest BCUT2D eigenvalue weighted by molar-refractivity contribution is 5.87. The molecule has 0 saturated carbocycles. The average Bonchev–Trinajstić information content (AvgIpc) is 2.74. The van der Waals surface area contributed by atoms with Crippen molar-refractivity contribution in [2.75, 3.05) is 0 Å². The molecule has 0 spiro atoms. The lowest BCUT2D eigenvalue weighted by Gasteiger charge is -2.08. The summed E-state index contributed by atoms with van der Waals surface area (Å²) in [6.07, 6.45) is 4.02. The summed E-state index contributed by atoms with van der Waals surface area (Å²) in [6.45, 7) is 9.81. The molecule has 166 valence electrons. The van der Waals surface area contributed by atoms with Crippen molar-refractivity contribution >= 4 is 11.9 Å². The van der Waals surface area contributed by atoms with Gasteiger partial charge in [0.1, 0.15) is 36.6 Å². The predicted molar refractivity (Wildman–Crippen MR) is 113 cm³/mol. The second kappa shape index (κ2) is 11.3. The van der Waals surface area contributed by atoms with Crippen LogP contribution in [0.15, 0.2) is 85.8 Å². The number of esters is 2. The van der Waals surface area contributed by atoms with Crippen molar-refractivity contribution in [2.24, 2.45) is 0 Å². The molecule has 0 aliphatic carbocycles. The highest BCUT2D eigenvalue weighted by Gasteiger charge is 2.11. The van der Waals surface area contributed by atoms with Gasteiger partial charge >= 0.3 is 11.9 Å². The molecule has 0 aromatic heterocycles. The smallest absolute Gasteiger partial charge is 0.338 e. The zero-order valence-corrected chi connectivity index (χ0v) is 17.4. The molecule has 0 unspecified atom stereocenters. The van der Waals surface area contributed by atoms with Crippen LogP contribution in [0.1, 0.15) is 13.8 Å². The van der Waals surface area contributed by atoms with E-state index in [2.05, 4.69) is 17.9 Å². The largest absolute Gasteiger partial charge is 0.462 e. The van der Waals surface area contributed by atoms with Crippen molar-refractivity contribution in [1.29, 1.82) is 0 Å². The minimum Gasteiger partial charge on any atom is -0.462 e. The molecular weight excluding hydrogens is 422 g/mol. The van der Waals surface area contributed by atoms with Crippen LogP contribution in [0.5, 0.6) is 11.5 Å². The molecule has 2 aromatic carbocycles. The number of halogens is 2. The molecule has 0 radical (unpaired) electrons. The number of hydrogen-bond acceptors (Lipinski definition) is 6. The zero-order chi connectivity index (χ0) is 23.7. The van der Waals surface area contributed by atoms with Crippen LogP contribution < -0.4 is 9.47 Å². The molecule has 0 saturated heterocycles. The van der Waals surface area contributed by atoms with E-state index in [9.17, 15) is 18.4 Å². The maximum absolute atomic E-state index is 14.5. The quantitative estimate of drug-likeness (QED) is 0.287. The zero-order valence-electron chi connectivity index (χ0n) is 17.4. The van der Waals surface area contributed by atoms with E-state index >= 15 is 0 Å². The predicted octanol–water partition coefficient (Wildman–Crippen LogP) is 5.57. The van der Waals surface area contributed by atoms with Gasteiger partial charge in [-0.1, -0.05) is 19.2 Å². The van der Waals surface area contributed by atoms with Gasteiger partial charge in [0.2, 0.25) is 0 Å². The second-order valence-electron chi connectivity index (χ2n) is 6.44. The molecular formula is C24H20F2O6. The van der Waals surface area contributed by atoms with Gasteiger partial charge in [0, 0.05) is 22.8 Å². The van der Waals surface area contributed by atoms with Crippen LogP contribution in [0.2, 0.25) is 0 Å². The summed E-state index contributed by atoms with van der Waals surface area (Å²) in [6, 6.07) is 7.83. The molecule has 0 amide bonds. The SMILES string of the molecule is C=C(C)C(=O)OC=COc1ccc(-c2ccc(OC=COC(=O)C(=C)C)c(F)c2)c(F)c1. The Morgan fingerprint density at radius 2 is 1.38 bits per heavy atom. The van der Waals surface area contributed by atoms with Crippen LogP contribution in [0.4, 0.5) is 8.78 Å². The van der Waals surface area contributed by atoms with Crippen molar-refractivity contribution in [2.45, 2.75) is 13.8 Å².